The summed E-state index contributed by atoms with van der Waals surface area (Å²) >= 11 is 23.8. The van der Waals surface area contributed by atoms with Crippen molar-refractivity contribution in [3.63, 3.8) is 0 Å². The Morgan fingerprint density at radius 1 is 0.755 bits per heavy atom. The number of hydrogen-bond donors (Lipinski definition) is 4. The second kappa shape index (κ2) is 18.3. The summed E-state index contributed by atoms with van der Waals surface area (Å²) in [5.41, 5.74) is 0.760. The van der Waals surface area contributed by atoms with Crippen LogP contribution in [0.2, 0.25) is 20.4 Å². The lowest BCUT2D eigenvalue weighted by Crippen LogP contribution is -2.45. The topological polar surface area (TPSA) is 124 Å². The predicted octanol–water partition coefficient (Wildman–Crippen LogP) is 8.00. The molecule has 0 saturated heterocycles. The number of amides is 2. The Labute approximate surface area is 329 Å². The summed E-state index contributed by atoms with van der Waals surface area (Å²) in [6.45, 7) is 1.81. The van der Waals surface area contributed by atoms with E-state index >= 15 is 0 Å². The standard InChI is InChI=1S/C21H20Cl2N2O2.C20H18Cl2N2O2/c1-14-7-8-18(19(23)24-14)20(26)25-17-6-3-10-21(27,13-17)11-9-15-4-2-5-16(22)12-15;21-16-4-1-3-14(11-16)6-9-20(26)8-2-5-17(13-20)24-19(25)15-7-10-23-18(22)12-15/h2,4-5,7-8,12,17,27H,3,6,10,13H2,1H3,(H,25,26);1,3-4,7,10-12,17,26H,2,5,8,13H2,(H,24,25)/t17-,21+;17-,20+/m00/s1. The van der Waals surface area contributed by atoms with E-state index < -0.39 is 11.2 Å². The number of aromatic nitrogens is 2. The number of aliphatic hydroxyl groups is 2. The van der Waals surface area contributed by atoms with Crippen molar-refractivity contribution in [2.75, 3.05) is 0 Å². The van der Waals surface area contributed by atoms with Crippen LogP contribution in [0, 0.1) is 30.6 Å². The molecule has 4 atom stereocenters. The molecule has 4 N–H and O–H groups in total. The molecule has 2 aromatic heterocycles. The molecule has 0 radical (unpaired) electrons. The molecule has 4 aromatic rings. The summed E-state index contributed by atoms with van der Waals surface area (Å²) in [5, 5.41) is 29.2. The third-order valence-electron chi connectivity index (χ3n) is 8.87. The van der Waals surface area contributed by atoms with Crippen LogP contribution in [0.1, 0.15) is 88.9 Å². The van der Waals surface area contributed by atoms with Crippen LogP contribution in [-0.2, 0) is 0 Å². The maximum absolute atomic E-state index is 12.5. The van der Waals surface area contributed by atoms with E-state index in [1.807, 2.05) is 31.2 Å². The SMILES string of the molecule is Cc1ccc(C(=O)N[C@H]2CCC[C@@](O)(C#Cc3cccc(Cl)c3)C2)c(Cl)n1.O=C(N[C@H]1CCC[C@@](O)(C#Cc2cccc(Cl)c2)C1)c1ccnc(Cl)c1. The molecule has 2 saturated carbocycles. The fourth-order valence-corrected chi connectivity index (χ4v) is 7.09. The van der Waals surface area contributed by atoms with E-state index in [0.29, 0.717) is 46.9 Å². The number of carbonyl (C=O) groups is 2. The Morgan fingerprint density at radius 2 is 1.30 bits per heavy atom. The third-order valence-corrected chi connectivity index (χ3v) is 9.84. The van der Waals surface area contributed by atoms with Crippen LogP contribution in [0.4, 0.5) is 0 Å². The van der Waals surface area contributed by atoms with Gasteiger partial charge in [-0.25, -0.2) is 9.97 Å². The van der Waals surface area contributed by atoms with Crippen LogP contribution in [0.5, 0.6) is 0 Å². The molecule has 8 nitrogen and oxygen atoms in total. The third kappa shape index (κ3) is 12.2. The second-order valence-corrected chi connectivity index (χ2v) is 14.9. The smallest absolute Gasteiger partial charge is 0.254 e. The molecule has 12 heteroatoms. The van der Waals surface area contributed by atoms with E-state index in [0.717, 1.165) is 42.5 Å². The maximum atomic E-state index is 12.5. The van der Waals surface area contributed by atoms with Crippen LogP contribution < -0.4 is 10.6 Å². The molecular formula is C41H38Cl4N4O4. The first kappa shape index (κ1) is 40.1. The quantitative estimate of drug-likeness (QED) is 0.123. The summed E-state index contributed by atoms with van der Waals surface area (Å²) < 4.78 is 0. The predicted molar refractivity (Wildman–Crippen MR) is 209 cm³/mol. The van der Waals surface area contributed by atoms with Crippen LogP contribution in [-0.4, -0.2) is 55.3 Å². The number of nitrogens with one attached hydrogen (secondary N) is 2. The molecular weight excluding hydrogens is 754 g/mol. The Kier molecular flexibility index (Phi) is 13.8. The Balaban J connectivity index is 0.000000204. The highest BCUT2D eigenvalue weighted by atomic mass is 35.5. The molecule has 53 heavy (non-hydrogen) atoms. The molecule has 2 fully saturated rings. The molecule has 2 aliphatic rings. The number of carbonyl (C=O) groups excluding carboxylic acids is 2. The number of nitrogens with zero attached hydrogens (tertiary/aromatic N) is 2. The van der Waals surface area contributed by atoms with E-state index in [4.69, 9.17) is 46.4 Å². The van der Waals surface area contributed by atoms with Crippen LogP contribution in [0.15, 0.2) is 79.0 Å². The molecule has 2 amide bonds. The van der Waals surface area contributed by atoms with Crippen molar-refractivity contribution >= 4 is 58.2 Å². The van der Waals surface area contributed by atoms with Crippen molar-refractivity contribution in [2.24, 2.45) is 0 Å². The van der Waals surface area contributed by atoms with Gasteiger partial charge in [-0.2, -0.15) is 0 Å². The van der Waals surface area contributed by atoms with E-state index in [1.165, 1.54) is 12.3 Å². The number of pyridine rings is 2. The highest BCUT2D eigenvalue weighted by molar-refractivity contribution is 6.32. The van der Waals surface area contributed by atoms with E-state index in [-0.39, 0.29) is 34.2 Å². The van der Waals surface area contributed by atoms with E-state index in [1.54, 1.807) is 42.5 Å². The minimum atomic E-state index is -1.15. The van der Waals surface area contributed by atoms with Crippen molar-refractivity contribution < 1.29 is 19.8 Å². The van der Waals surface area contributed by atoms with Crippen LogP contribution >= 0.6 is 46.4 Å². The van der Waals surface area contributed by atoms with Crippen molar-refractivity contribution in [3.8, 4) is 23.7 Å². The zero-order valence-corrected chi connectivity index (χ0v) is 32.0. The zero-order chi connectivity index (χ0) is 38.0. The lowest BCUT2D eigenvalue weighted by atomic mass is 9.82. The van der Waals surface area contributed by atoms with Crippen molar-refractivity contribution in [1.82, 2.24) is 20.6 Å². The monoisotopic (exact) mass is 790 g/mol. The van der Waals surface area contributed by atoms with Gasteiger partial charge >= 0.3 is 0 Å². The average molecular weight is 793 g/mol. The van der Waals surface area contributed by atoms with Gasteiger partial charge in [-0.3, -0.25) is 9.59 Å². The van der Waals surface area contributed by atoms with Crippen molar-refractivity contribution in [1.29, 1.82) is 0 Å². The van der Waals surface area contributed by atoms with Gasteiger partial charge in [0.1, 0.15) is 21.5 Å². The summed E-state index contributed by atoms with van der Waals surface area (Å²) in [4.78, 5) is 32.8. The maximum Gasteiger partial charge on any atom is 0.254 e. The van der Waals surface area contributed by atoms with Crippen LogP contribution in [0.3, 0.4) is 0 Å². The van der Waals surface area contributed by atoms with Gasteiger partial charge in [0.05, 0.1) is 5.56 Å². The highest BCUT2D eigenvalue weighted by Gasteiger charge is 2.35. The second-order valence-electron chi connectivity index (χ2n) is 13.3. The van der Waals surface area contributed by atoms with Gasteiger partial charge in [0.15, 0.2) is 0 Å². The van der Waals surface area contributed by atoms with E-state index in [2.05, 4.69) is 44.3 Å². The number of hydrogen-bond acceptors (Lipinski definition) is 6. The summed E-state index contributed by atoms with van der Waals surface area (Å²) in [7, 11) is 0. The summed E-state index contributed by atoms with van der Waals surface area (Å²) in [5.74, 6) is 11.4. The normalized spacial score (nSPS) is 22.0. The van der Waals surface area contributed by atoms with Crippen molar-refractivity contribution in [3.05, 3.63) is 127 Å². The molecule has 0 unspecified atom stereocenters. The molecule has 0 spiro atoms. The fourth-order valence-electron chi connectivity index (χ4n) is 6.26. The Hall–Kier alpha value is -4.12. The van der Waals surface area contributed by atoms with Gasteiger partial charge in [-0.15, -0.1) is 0 Å². The molecule has 6 rings (SSSR count). The van der Waals surface area contributed by atoms with Crippen LogP contribution in [0.25, 0.3) is 0 Å². The molecule has 274 valence electrons. The molecule has 2 heterocycles. The first-order chi connectivity index (χ1) is 25.3. The summed E-state index contributed by atoms with van der Waals surface area (Å²) in [6.07, 6.45) is 6.51. The lowest BCUT2D eigenvalue weighted by molar-refractivity contribution is 0.0443. The first-order valence-corrected chi connectivity index (χ1v) is 18.7. The van der Waals surface area contributed by atoms with Crippen molar-refractivity contribution in [2.45, 2.75) is 81.6 Å². The Morgan fingerprint density at radius 3 is 1.81 bits per heavy atom. The van der Waals surface area contributed by atoms with Gasteiger partial charge in [-0.05, 0) is 106 Å². The van der Waals surface area contributed by atoms with Gasteiger partial charge < -0.3 is 20.8 Å². The Bertz CT molecular complexity index is 2090. The molecule has 0 bridgehead atoms. The summed E-state index contributed by atoms with van der Waals surface area (Å²) in [6, 6.07) is 20.6. The first-order valence-electron chi connectivity index (χ1n) is 17.2. The van der Waals surface area contributed by atoms with Gasteiger partial charge in [-0.1, -0.05) is 82.2 Å². The minimum absolute atomic E-state index is 0.151. The number of aryl methyl sites for hydroxylation is 1. The largest absolute Gasteiger partial charge is 0.378 e. The van der Waals surface area contributed by atoms with E-state index in [9.17, 15) is 19.8 Å². The average Bonchev–Trinajstić information content (AvgIpc) is 3.10. The number of halogens is 4. The van der Waals surface area contributed by atoms with Gasteiger partial charge in [0.25, 0.3) is 11.8 Å². The number of benzene rings is 2. The van der Waals surface area contributed by atoms with Gasteiger partial charge in [0.2, 0.25) is 0 Å². The molecule has 2 aromatic carbocycles. The molecule has 0 aliphatic heterocycles. The fraction of sp³-hybridized carbons (Fsp3) is 0.317. The molecule has 2 aliphatic carbocycles. The zero-order valence-electron chi connectivity index (χ0n) is 28.9. The van der Waals surface area contributed by atoms with Gasteiger partial charge in [0, 0.05) is 63.6 Å². The minimum Gasteiger partial charge on any atom is -0.378 e. The number of rotatable bonds is 4. The highest BCUT2D eigenvalue weighted by Crippen LogP contribution is 2.30. The lowest BCUT2D eigenvalue weighted by Gasteiger charge is -2.33.